The lowest BCUT2D eigenvalue weighted by atomic mass is 10.1. The molecule has 1 N–H and O–H groups in total. The van der Waals surface area contributed by atoms with Crippen molar-refractivity contribution in [2.75, 3.05) is 19.5 Å². The number of anilines is 1. The van der Waals surface area contributed by atoms with E-state index in [1.807, 2.05) is 13.1 Å². The predicted molar refractivity (Wildman–Crippen MR) is 77.5 cm³/mol. The van der Waals surface area contributed by atoms with Crippen LogP contribution in [0.1, 0.15) is 19.0 Å². The fraction of sp³-hybridized carbons (Fsp3) is 0.333. The molecule has 0 saturated carbocycles. The standard InChI is InChI=1S/C15H18FN3O/c1-4-5-11-9-14(17-2)19-15(18-11)10-6-7-12(16)13(8-10)20-3/h6-9H,4-5H2,1-3H3,(H,17,18,19). The van der Waals surface area contributed by atoms with Crippen LogP contribution < -0.4 is 10.1 Å². The van der Waals surface area contributed by atoms with Crippen LogP contribution in [0.3, 0.4) is 0 Å². The molecular formula is C15H18FN3O. The quantitative estimate of drug-likeness (QED) is 0.909. The lowest BCUT2D eigenvalue weighted by Gasteiger charge is -2.09. The van der Waals surface area contributed by atoms with Crippen molar-refractivity contribution < 1.29 is 9.13 Å². The van der Waals surface area contributed by atoms with Gasteiger partial charge in [-0.2, -0.15) is 0 Å². The fourth-order valence-corrected chi connectivity index (χ4v) is 1.94. The van der Waals surface area contributed by atoms with Gasteiger partial charge in [-0.15, -0.1) is 0 Å². The Hall–Kier alpha value is -2.17. The van der Waals surface area contributed by atoms with Crippen LogP contribution in [0.2, 0.25) is 0 Å². The first kappa shape index (κ1) is 14.2. The zero-order valence-electron chi connectivity index (χ0n) is 11.9. The van der Waals surface area contributed by atoms with Gasteiger partial charge in [-0.3, -0.25) is 0 Å². The minimum Gasteiger partial charge on any atom is -0.494 e. The van der Waals surface area contributed by atoms with Gasteiger partial charge in [-0.1, -0.05) is 13.3 Å². The molecule has 2 rings (SSSR count). The Bertz CT molecular complexity index is 602. The summed E-state index contributed by atoms with van der Waals surface area (Å²) in [5, 5.41) is 3.02. The zero-order valence-corrected chi connectivity index (χ0v) is 11.9. The molecule has 0 fully saturated rings. The van der Waals surface area contributed by atoms with Crippen molar-refractivity contribution in [1.29, 1.82) is 0 Å². The number of hydrogen-bond donors (Lipinski definition) is 1. The first-order valence-electron chi connectivity index (χ1n) is 6.57. The molecule has 0 amide bonds. The molecule has 0 aliphatic rings. The number of aryl methyl sites for hydroxylation is 1. The Morgan fingerprint density at radius 2 is 2.05 bits per heavy atom. The van der Waals surface area contributed by atoms with E-state index in [9.17, 15) is 4.39 Å². The first-order valence-corrected chi connectivity index (χ1v) is 6.57. The fourth-order valence-electron chi connectivity index (χ4n) is 1.94. The Morgan fingerprint density at radius 3 is 2.70 bits per heavy atom. The Morgan fingerprint density at radius 1 is 1.25 bits per heavy atom. The highest BCUT2D eigenvalue weighted by Crippen LogP contribution is 2.25. The maximum absolute atomic E-state index is 13.5. The third kappa shape index (κ3) is 3.04. The van der Waals surface area contributed by atoms with E-state index < -0.39 is 5.82 Å². The minimum atomic E-state index is -0.394. The highest BCUT2D eigenvalue weighted by atomic mass is 19.1. The molecule has 106 valence electrons. The molecule has 1 aromatic carbocycles. The maximum atomic E-state index is 13.5. The molecule has 0 atom stereocenters. The average molecular weight is 275 g/mol. The summed E-state index contributed by atoms with van der Waals surface area (Å²) in [4.78, 5) is 8.93. The lowest BCUT2D eigenvalue weighted by molar-refractivity contribution is 0.387. The van der Waals surface area contributed by atoms with E-state index in [0.717, 1.165) is 29.9 Å². The van der Waals surface area contributed by atoms with Crippen molar-refractivity contribution in [3.63, 3.8) is 0 Å². The van der Waals surface area contributed by atoms with Crippen molar-refractivity contribution in [3.05, 3.63) is 35.8 Å². The van der Waals surface area contributed by atoms with Gasteiger partial charge >= 0.3 is 0 Å². The van der Waals surface area contributed by atoms with Gasteiger partial charge in [0, 0.05) is 24.4 Å². The van der Waals surface area contributed by atoms with Gasteiger partial charge in [-0.05, 0) is 24.6 Å². The molecule has 1 aromatic heterocycles. The highest BCUT2D eigenvalue weighted by Gasteiger charge is 2.10. The molecule has 20 heavy (non-hydrogen) atoms. The molecule has 0 aliphatic heterocycles. The first-order chi connectivity index (χ1) is 9.67. The van der Waals surface area contributed by atoms with Crippen LogP contribution in [-0.2, 0) is 6.42 Å². The normalized spacial score (nSPS) is 10.4. The number of aromatic nitrogens is 2. The topological polar surface area (TPSA) is 47.0 Å². The van der Waals surface area contributed by atoms with Gasteiger partial charge in [-0.25, -0.2) is 14.4 Å². The van der Waals surface area contributed by atoms with Gasteiger partial charge in [0.2, 0.25) is 0 Å². The van der Waals surface area contributed by atoms with E-state index in [4.69, 9.17) is 4.74 Å². The number of benzene rings is 1. The summed E-state index contributed by atoms with van der Waals surface area (Å²) in [7, 11) is 3.25. The Balaban J connectivity index is 2.47. The SMILES string of the molecule is CCCc1cc(NC)nc(-c2ccc(F)c(OC)c2)n1. The molecule has 0 radical (unpaired) electrons. The molecule has 4 nitrogen and oxygen atoms in total. The van der Waals surface area contributed by atoms with E-state index in [1.165, 1.54) is 13.2 Å². The molecule has 0 bridgehead atoms. The average Bonchev–Trinajstić information content (AvgIpc) is 2.47. The lowest BCUT2D eigenvalue weighted by Crippen LogP contribution is -2.01. The van der Waals surface area contributed by atoms with Crippen LogP contribution in [0.5, 0.6) is 5.75 Å². The number of rotatable bonds is 5. The number of methoxy groups -OCH3 is 1. The van der Waals surface area contributed by atoms with Crippen molar-refractivity contribution in [3.8, 4) is 17.1 Å². The molecule has 2 aromatic rings. The van der Waals surface area contributed by atoms with Crippen molar-refractivity contribution in [2.45, 2.75) is 19.8 Å². The summed E-state index contributed by atoms with van der Waals surface area (Å²) < 4.78 is 18.4. The monoisotopic (exact) mass is 275 g/mol. The smallest absolute Gasteiger partial charge is 0.165 e. The van der Waals surface area contributed by atoms with Gasteiger partial charge in [0.05, 0.1) is 7.11 Å². The van der Waals surface area contributed by atoms with E-state index >= 15 is 0 Å². The Labute approximate surface area is 118 Å². The third-order valence-corrected chi connectivity index (χ3v) is 2.95. The van der Waals surface area contributed by atoms with Gasteiger partial charge < -0.3 is 10.1 Å². The summed E-state index contributed by atoms with van der Waals surface area (Å²) in [6.07, 6.45) is 1.88. The number of ether oxygens (including phenoxy) is 1. The van der Waals surface area contributed by atoms with Crippen LogP contribution in [-0.4, -0.2) is 24.1 Å². The van der Waals surface area contributed by atoms with Crippen LogP contribution in [0, 0.1) is 5.82 Å². The van der Waals surface area contributed by atoms with Crippen molar-refractivity contribution in [1.82, 2.24) is 9.97 Å². The summed E-state index contributed by atoms with van der Waals surface area (Å²) in [5.41, 5.74) is 1.70. The van der Waals surface area contributed by atoms with Gasteiger partial charge in [0.15, 0.2) is 17.4 Å². The molecule has 0 spiro atoms. The second kappa shape index (κ2) is 6.32. The molecule has 0 saturated heterocycles. The van der Waals surface area contributed by atoms with E-state index in [-0.39, 0.29) is 5.75 Å². The summed E-state index contributed by atoms with van der Waals surface area (Å²) in [5.74, 6) is 1.12. The summed E-state index contributed by atoms with van der Waals surface area (Å²) >= 11 is 0. The third-order valence-electron chi connectivity index (χ3n) is 2.95. The molecule has 1 heterocycles. The van der Waals surface area contributed by atoms with Crippen LogP contribution in [0.25, 0.3) is 11.4 Å². The number of halogens is 1. The predicted octanol–water partition coefficient (Wildman–Crippen LogP) is 3.29. The number of nitrogens with one attached hydrogen (secondary N) is 1. The maximum Gasteiger partial charge on any atom is 0.165 e. The number of hydrogen-bond acceptors (Lipinski definition) is 4. The van der Waals surface area contributed by atoms with Crippen LogP contribution in [0.4, 0.5) is 10.2 Å². The second-order valence-corrected chi connectivity index (χ2v) is 4.42. The van der Waals surface area contributed by atoms with Gasteiger partial charge in [0.25, 0.3) is 0 Å². The van der Waals surface area contributed by atoms with Gasteiger partial charge in [0.1, 0.15) is 5.82 Å². The molecule has 0 unspecified atom stereocenters. The van der Waals surface area contributed by atoms with Crippen molar-refractivity contribution >= 4 is 5.82 Å². The van der Waals surface area contributed by atoms with E-state index in [0.29, 0.717) is 5.82 Å². The minimum absolute atomic E-state index is 0.193. The van der Waals surface area contributed by atoms with Crippen LogP contribution in [0.15, 0.2) is 24.3 Å². The zero-order chi connectivity index (χ0) is 14.5. The highest BCUT2D eigenvalue weighted by molar-refractivity contribution is 5.60. The van der Waals surface area contributed by atoms with E-state index in [2.05, 4.69) is 22.2 Å². The van der Waals surface area contributed by atoms with Crippen molar-refractivity contribution in [2.24, 2.45) is 0 Å². The number of nitrogens with zero attached hydrogens (tertiary/aromatic N) is 2. The summed E-state index contributed by atoms with van der Waals surface area (Å²) in [6.45, 7) is 2.10. The molecule has 0 aliphatic carbocycles. The van der Waals surface area contributed by atoms with E-state index in [1.54, 1.807) is 12.1 Å². The second-order valence-electron chi connectivity index (χ2n) is 4.42. The molecule has 5 heteroatoms. The largest absolute Gasteiger partial charge is 0.494 e. The summed E-state index contributed by atoms with van der Waals surface area (Å²) in [6, 6.07) is 6.55. The molecular weight excluding hydrogens is 257 g/mol. The van der Waals surface area contributed by atoms with Crippen LogP contribution >= 0.6 is 0 Å². The Kier molecular flexibility index (Phi) is 4.50.